The molecule has 3 rings (SSSR count). The molecule has 7 nitrogen and oxygen atoms in total. The summed E-state index contributed by atoms with van der Waals surface area (Å²) in [7, 11) is 1.28. The minimum Gasteiger partial charge on any atom is -0.494 e. The van der Waals surface area contributed by atoms with E-state index in [4.69, 9.17) is 21.1 Å². The number of halogens is 1. The molecule has 0 unspecified atom stereocenters. The van der Waals surface area contributed by atoms with Crippen LogP contribution in [0.1, 0.15) is 12.5 Å². The maximum absolute atomic E-state index is 13.0. The van der Waals surface area contributed by atoms with Crippen molar-refractivity contribution < 1.29 is 14.3 Å². The zero-order chi connectivity index (χ0) is 21.7. The van der Waals surface area contributed by atoms with Crippen LogP contribution in [0.4, 0.5) is 5.69 Å². The number of hydrogen-bond donors (Lipinski definition) is 2. The molecule has 1 amide bonds. The molecule has 0 aliphatic heterocycles. The number of rotatable bonds is 6. The van der Waals surface area contributed by atoms with E-state index in [2.05, 4.69) is 10.3 Å². The van der Waals surface area contributed by atoms with Crippen LogP contribution in [0.15, 0.2) is 58.1 Å². The fourth-order valence-corrected chi connectivity index (χ4v) is 3.04. The summed E-state index contributed by atoms with van der Waals surface area (Å²) in [4.78, 5) is 40.3. The predicted octanol–water partition coefficient (Wildman–Crippen LogP) is 3.60. The van der Waals surface area contributed by atoms with E-state index in [0.29, 0.717) is 23.1 Å². The van der Waals surface area contributed by atoms with Gasteiger partial charge in [0.25, 0.3) is 5.56 Å². The Hall–Kier alpha value is -3.58. The number of nitrogens with one attached hydrogen (secondary N) is 2. The van der Waals surface area contributed by atoms with Gasteiger partial charge in [0.15, 0.2) is 11.2 Å². The number of fused-ring (bicyclic) bond motifs is 1. The van der Waals surface area contributed by atoms with Crippen LogP contribution in [0.25, 0.3) is 17.0 Å². The van der Waals surface area contributed by atoms with Crippen molar-refractivity contribution in [2.24, 2.45) is 0 Å². The van der Waals surface area contributed by atoms with Gasteiger partial charge in [0.2, 0.25) is 5.91 Å². The molecule has 2 aromatic carbocycles. The van der Waals surface area contributed by atoms with E-state index in [1.165, 1.54) is 25.3 Å². The number of ether oxygens (including phenoxy) is 2. The lowest BCUT2D eigenvalue weighted by atomic mass is 10.1. The Bertz CT molecular complexity index is 1230. The van der Waals surface area contributed by atoms with Gasteiger partial charge in [-0.05, 0) is 55.5 Å². The molecule has 0 saturated carbocycles. The molecule has 0 aliphatic rings. The van der Waals surface area contributed by atoms with Crippen LogP contribution in [0, 0.1) is 0 Å². The second-order valence-electron chi connectivity index (χ2n) is 6.20. The Morgan fingerprint density at radius 3 is 2.57 bits per heavy atom. The number of aromatic amines is 1. The van der Waals surface area contributed by atoms with Crippen LogP contribution in [-0.4, -0.2) is 24.6 Å². The minimum atomic E-state index is -0.613. The molecular formula is C22H19ClN2O5. The minimum absolute atomic E-state index is 0.0436. The third-order valence-corrected chi connectivity index (χ3v) is 4.44. The Kier molecular flexibility index (Phi) is 6.54. The highest BCUT2D eigenvalue weighted by molar-refractivity contribution is 6.31. The highest BCUT2D eigenvalue weighted by Crippen LogP contribution is 2.18. The highest BCUT2D eigenvalue weighted by atomic mass is 35.5. The molecule has 0 saturated heterocycles. The van der Waals surface area contributed by atoms with E-state index in [1.54, 1.807) is 30.3 Å². The molecule has 3 aromatic rings. The van der Waals surface area contributed by atoms with Crippen LogP contribution >= 0.6 is 11.6 Å². The quantitative estimate of drug-likeness (QED) is 0.587. The van der Waals surface area contributed by atoms with E-state index < -0.39 is 16.9 Å². The molecule has 2 N–H and O–H groups in total. The highest BCUT2D eigenvalue weighted by Gasteiger charge is 2.12. The van der Waals surface area contributed by atoms with Crippen molar-refractivity contribution in [3.8, 4) is 11.5 Å². The van der Waals surface area contributed by atoms with Crippen LogP contribution in [0.3, 0.4) is 0 Å². The number of benzene rings is 2. The van der Waals surface area contributed by atoms with E-state index in [-0.39, 0.29) is 22.2 Å². The van der Waals surface area contributed by atoms with Gasteiger partial charge in [-0.25, -0.2) is 0 Å². The Morgan fingerprint density at radius 2 is 1.90 bits per heavy atom. The van der Waals surface area contributed by atoms with Crippen molar-refractivity contribution in [1.82, 2.24) is 4.98 Å². The standard InChI is InChI=1S/C22H19ClN2O5/c1-3-30-15-7-5-14(6-8-15)24-19(26)11-10-17-20(27)16-9-4-13(23)12-18(16)25-22(28)21(17)29-2/h4-12H,3H2,1-2H3,(H,24,26)(H,25,28). The third-order valence-electron chi connectivity index (χ3n) is 4.21. The van der Waals surface area contributed by atoms with Gasteiger partial charge >= 0.3 is 0 Å². The summed E-state index contributed by atoms with van der Waals surface area (Å²) >= 11 is 5.96. The van der Waals surface area contributed by atoms with Crippen LogP contribution < -0.4 is 25.8 Å². The molecule has 30 heavy (non-hydrogen) atoms. The first-order valence-electron chi connectivity index (χ1n) is 9.08. The molecule has 154 valence electrons. The summed E-state index contributed by atoms with van der Waals surface area (Å²) in [6.07, 6.45) is 2.42. The van der Waals surface area contributed by atoms with Gasteiger partial charge in [-0.1, -0.05) is 11.6 Å². The summed E-state index contributed by atoms with van der Waals surface area (Å²) in [5.41, 5.74) is -0.299. The largest absolute Gasteiger partial charge is 0.494 e. The maximum atomic E-state index is 13.0. The maximum Gasteiger partial charge on any atom is 0.291 e. The van der Waals surface area contributed by atoms with Crippen molar-refractivity contribution in [2.75, 3.05) is 19.0 Å². The normalized spacial score (nSPS) is 10.9. The molecule has 0 fully saturated rings. The van der Waals surface area contributed by atoms with Crippen molar-refractivity contribution >= 4 is 40.2 Å². The molecule has 1 aromatic heterocycles. The summed E-state index contributed by atoms with van der Waals surface area (Å²) in [5, 5.41) is 3.29. The second-order valence-corrected chi connectivity index (χ2v) is 6.64. The van der Waals surface area contributed by atoms with Crippen LogP contribution in [0.5, 0.6) is 11.5 Å². The van der Waals surface area contributed by atoms with E-state index in [1.807, 2.05) is 6.92 Å². The number of H-pyrrole nitrogens is 1. The van der Waals surface area contributed by atoms with Gasteiger partial charge in [-0.15, -0.1) is 0 Å². The molecule has 0 radical (unpaired) electrons. The summed E-state index contributed by atoms with van der Waals surface area (Å²) in [6, 6.07) is 11.4. The number of carbonyl (C=O) groups excluding carboxylic acids is 1. The fraction of sp³-hybridized carbons (Fsp3) is 0.136. The Balaban J connectivity index is 1.96. The number of hydrogen-bond acceptors (Lipinski definition) is 5. The van der Waals surface area contributed by atoms with Crippen LogP contribution in [0.2, 0.25) is 5.02 Å². The van der Waals surface area contributed by atoms with Crippen LogP contribution in [-0.2, 0) is 4.79 Å². The lowest BCUT2D eigenvalue weighted by Crippen LogP contribution is -2.12. The van der Waals surface area contributed by atoms with Crippen molar-refractivity contribution in [1.29, 1.82) is 0 Å². The molecular weight excluding hydrogens is 408 g/mol. The Morgan fingerprint density at radius 1 is 1.17 bits per heavy atom. The molecule has 0 spiro atoms. The number of anilines is 1. The van der Waals surface area contributed by atoms with Gasteiger partial charge in [0.05, 0.1) is 24.8 Å². The summed E-state index contributed by atoms with van der Waals surface area (Å²) < 4.78 is 10.5. The molecule has 0 bridgehead atoms. The molecule has 8 heteroatoms. The fourth-order valence-electron chi connectivity index (χ4n) is 2.87. The van der Waals surface area contributed by atoms with Gasteiger partial charge < -0.3 is 19.8 Å². The smallest absolute Gasteiger partial charge is 0.291 e. The molecule has 0 atom stereocenters. The van der Waals surface area contributed by atoms with E-state index in [0.717, 1.165) is 6.08 Å². The average Bonchev–Trinajstić information content (AvgIpc) is 2.81. The topological polar surface area (TPSA) is 97.5 Å². The number of amides is 1. The average molecular weight is 427 g/mol. The number of methoxy groups -OCH3 is 1. The Labute approximate surface area is 176 Å². The summed E-state index contributed by atoms with van der Waals surface area (Å²) in [6.45, 7) is 2.42. The SMILES string of the molecule is CCOc1ccc(NC(=O)C=Cc2c(OC)c(=O)[nH]c3cc(Cl)ccc3c2=O)cc1. The lowest BCUT2D eigenvalue weighted by Gasteiger charge is -2.05. The van der Waals surface area contributed by atoms with E-state index >= 15 is 0 Å². The summed E-state index contributed by atoms with van der Waals surface area (Å²) in [5.74, 6) is 0.0168. The zero-order valence-electron chi connectivity index (χ0n) is 16.3. The third kappa shape index (κ3) is 4.69. The molecule has 0 aliphatic carbocycles. The van der Waals surface area contributed by atoms with Gasteiger partial charge in [-0.2, -0.15) is 0 Å². The van der Waals surface area contributed by atoms with E-state index in [9.17, 15) is 14.4 Å². The number of carbonyl (C=O) groups is 1. The lowest BCUT2D eigenvalue weighted by molar-refractivity contribution is -0.111. The van der Waals surface area contributed by atoms with Crippen molar-refractivity contribution in [3.05, 3.63) is 79.7 Å². The predicted molar refractivity (Wildman–Crippen MR) is 118 cm³/mol. The monoisotopic (exact) mass is 426 g/mol. The second kappa shape index (κ2) is 9.28. The van der Waals surface area contributed by atoms with Gasteiger partial charge in [0, 0.05) is 22.2 Å². The zero-order valence-corrected chi connectivity index (χ0v) is 17.1. The van der Waals surface area contributed by atoms with Gasteiger partial charge in [0.1, 0.15) is 5.75 Å². The first-order valence-corrected chi connectivity index (χ1v) is 9.46. The van der Waals surface area contributed by atoms with Gasteiger partial charge in [-0.3, -0.25) is 14.4 Å². The first-order chi connectivity index (χ1) is 14.4. The van der Waals surface area contributed by atoms with Crippen molar-refractivity contribution in [3.63, 3.8) is 0 Å². The first kappa shape index (κ1) is 21.1. The van der Waals surface area contributed by atoms with Crippen molar-refractivity contribution in [2.45, 2.75) is 6.92 Å². The molecule has 1 heterocycles. The number of aromatic nitrogens is 1.